The molecule has 0 saturated heterocycles. The summed E-state index contributed by atoms with van der Waals surface area (Å²) in [6.07, 6.45) is 6.53. The van der Waals surface area contributed by atoms with E-state index in [1.54, 1.807) is 0 Å². The monoisotopic (exact) mass is 279 g/mol. The average Bonchev–Trinajstić information content (AvgIpc) is 2.85. The third kappa shape index (κ3) is 3.41. The first-order valence-corrected chi connectivity index (χ1v) is 7.50. The van der Waals surface area contributed by atoms with Crippen LogP contribution in [0.2, 0.25) is 0 Å². The number of hydrogen-bond donors (Lipinski definition) is 2. The summed E-state index contributed by atoms with van der Waals surface area (Å²) >= 11 is 0. The van der Waals surface area contributed by atoms with Gasteiger partial charge >= 0.3 is 5.91 Å². The molecule has 3 N–H and O–H groups in total. The van der Waals surface area contributed by atoms with Crippen LogP contribution < -0.4 is 11.3 Å². The number of carbonyl (C=O) groups excluding carboxylic acids is 1. The molecule has 0 spiro atoms. The minimum absolute atomic E-state index is 0.321. The second-order valence-corrected chi connectivity index (χ2v) is 5.55. The lowest BCUT2D eigenvalue weighted by molar-refractivity contribution is 0.0917. The maximum absolute atomic E-state index is 11.6. The van der Waals surface area contributed by atoms with Crippen molar-refractivity contribution < 1.29 is 9.21 Å². The summed E-state index contributed by atoms with van der Waals surface area (Å²) in [7, 11) is 0. The Kier molecular flexibility index (Phi) is 5.20. The van der Waals surface area contributed by atoms with Crippen LogP contribution in [0.5, 0.6) is 0 Å². The standard InChI is InChI=1S/C15H25N3O2/c1-3-18(12-7-5-4-6-8-12)10-13-9-11(2)14(20-13)15(19)17-16/h9,12H,3-8,10,16H2,1-2H3,(H,17,19). The summed E-state index contributed by atoms with van der Waals surface area (Å²) in [6.45, 7) is 5.81. The van der Waals surface area contributed by atoms with E-state index in [0.29, 0.717) is 11.8 Å². The summed E-state index contributed by atoms with van der Waals surface area (Å²) < 4.78 is 5.66. The van der Waals surface area contributed by atoms with Crippen molar-refractivity contribution >= 4 is 5.91 Å². The first-order valence-electron chi connectivity index (χ1n) is 7.50. The number of hydrazine groups is 1. The Morgan fingerprint density at radius 1 is 1.45 bits per heavy atom. The lowest BCUT2D eigenvalue weighted by Gasteiger charge is -2.32. The van der Waals surface area contributed by atoms with Gasteiger partial charge in [0.05, 0.1) is 6.54 Å². The number of aryl methyl sites for hydroxylation is 1. The van der Waals surface area contributed by atoms with Gasteiger partial charge < -0.3 is 4.42 Å². The van der Waals surface area contributed by atoms with Crippen LogP contribution in [-0.4, -0.2) is 23.4 Å². The highest BCUT2D eigenvalue weighted by molar-refractivity contribution is 5.92. The van der Waals surface area contributed by atoms with Crippen molar-refractivity contribution in [2.75, 3.05) is 6.54 Å². The summed E-state index contributed by atoms with van der Waals surface area (Å²) in [4.78, 5) is 14.0. The highest BCUT2D eigenvalue weighted by Crippen LogP contribution is 2.25. The molecule has 5 nitrogen and oxygen atoms in total. The topological polar surface area (TPSA) is 71.5 Å². The summed E-state index contributed by atoms with van der Waals surface area (Å²) in [5.74, 6) is 5.95. The van der Waals surface area contributed by atoms with Crippen molar-refractivity contribution in [3.63, 3.8) is 0 Å². The largest absolute Gasteiger partial charge is 0.454 e. The number of furan rings is 1. The van der Waals surface area contributed by atoms with E-state index < -0.39 is 0 Å². The fourth-order valence-electron chi connectivity index (χ4n) is 3.06. The zero-order valence-electron chi connectivity index (χ0n) is 12.4. The minimum Gasteiger partial charge on any atom is -0.454 e. The number of nitrogens with zero attached hydrogens (tertiary/aromatic N) is 1. The van der Waals surface area contributed by atoms with E-state index in [9.17, 15) is 4.79 Å². The van der Waals surface area contributed by atoms with Gasteiger partial charge in [-0.15, -0.1) is 0 Å². The quantitative estimate of drug-likeness (QED) is 0.493. The van der Waals surface area contributed by atoms with Crippen molar-refractivity contribution in [3.05, 3.63) is 23.2 Å². The first-order chi connectivity index (χ1) is 9.65. The van der Waals surface area contributed by atoms with Gasteiger partial charge in [0, 0.05) is 11.6 Å². The smallest absolute Gasteiger partial charge is 0.301 e. The van der Waals surface area contributed by atoms with E-state index in [2.05, 4.69) is 17.2 Å². The molecule has 1 aromatic heterocycles. The van der Waals surface area contributed by atoms with Crippen molar-refractivity contribution in [1.82, 2.24) is 10.3 Å². The van der Waals surface area contributed by atoms with Crippen LogP contribution in [0.3, 0.4) is 0 Å². The predicted octanol–water partition coefficient (Wildman–Crippen LogP) is 2.35. The van der Waals surface area contributed by atoms with Crippen LogP contribution in [0, 0.1) is 6.92 Å². The second-order valence-electron chi connectivity index (χ2n) is 5.55. The maximum atomic E-state index is 11.6. The Balaban J connectivity index is 2.05. The molecule has 1 fully saturated rings. The Morgan fingerprint density at radius 2 is 2.15 bits per heavy atom. The highest BCUT2D eigenvalue weighted by Gasteiger charge is 2.22. The number of carbonyl (C=O) groups is 1. The van der Waals surface area contributed by atoms with Crippen molar-refractivity contribution in [2.24, 2.45) is 5.84 Å². The van der Waals surface area contributed by atoms with Crippen molar-refractivity contribution in [2.45, 2.75) is 58.5 Å². The molecule has 20 heavy (non-hydrogen) atoms. The molecule has 2 rings (SSSR count). The lowest BCUT2D eigenvalue weighted by atomic mass is 9.94. The van der Waals surface area contributed by atoms with Crippen molar-refractivity contribution in [1.29, 1.82) is 0 Å². The van der Waals surface area contributed by atoms with Crippen molar-refractivity contribution in [3.8, 4) is 0 Å². The molecule has 0 unspecified atom stereocenters. The van der Waals surface area contributed by atoms with Crippen LogP contribution in [-0.2, 0) is 6.54 Å². The fourth-order valence-corrected chi connectivity index (χ4v) is 3.06. The van der Waals surface area contributed by atoms with Gasteiger partial charge in [0.15, 0.2) is 5.76 Å². The van der Waals surface area contributed by atoms with Crippen LogP contribution in [0.25, 0.3) is 0 Å². The van der Waals surface area contributed by atoms with Gasteiger partial charge in [-0.3, -0.25) is 15.1 Å². The third-order valence-corrected chi connectivity index (χ3v) is 4.16. The number of nitrogens with two attached hydrogens (primary N) is 1. The number of rotatable bonds is 5. The number of hydrogen-bond acceptors (Lipinski definition) is 4. The molecule has 1 aromatic rings. The molecule has 0 bridgehead atoms. The SMILES string of the molecule is CCN(Cc1cc(C)c(C(=O)NN)o1)C1CCCCC1. The van der Waals surface area contributed by atoms with E-state index in [1.807, 2.05) is 13.0 Å². The Labute approximate surface area is 120 Å². The predicted molar refractivity (Wildman–Crippen MR) is 78.1 cm³/mol. The zero-order chi connectivity index (χ0) is 14.5. The van der Waals surface area contributed by atoms with Crippen LogP contribution in [0.4, 0.5) is 0 Å². The van der Waals surface area contributed by atoms with E-state index in [-0.39, 0.29) is 5.91 Å². The third-order valence-electron chi connectivity index (χ3n) is 4.16. The van der Waals surface area contributed by atoms with Gasteiger partial charge in [-0.1, -0.05) is 26.2 Å². The lowest BCUT2D eigenvalue weighted by Crippen LogP contribution is -2.36. The molecule has 0 radical (unpaired) electrons. The molecule has 0 atom stereocenters. The van der Waals surface area contributed by atoms with E-state index in [0.717, 1.165) is 24.4 Å². The van der Waals surface area contributed by atoms with E-state index in [1.165, 1.54) is 32.1 Å². The molecule has 0 aliphatic heterocycles. The van der Waals surface area contributed by atoms with Gasteiger partial charge in [-0.2, -0.15) is 0 Å². The fraction of sp³-hybridized carbons (Fsp3) is 0.667. The maximum Gasteiger partial charge on any atom is 0.301 e. The Bertz CT molecular complexity index is 450. The zero-order valence-corrected chi connectivity index (χ0v) is 12.4. The summed E-state index contributed by atoms with van der Waals surface area (Å²) in [6, 6.07) is 2.58. The molecule has 5 heteroatoms. The number of amides is 1. The summed E-state index contributed by atoms with van der Waals surface area (Å²) in [5.41, 5.74) is 2.96. The molecule has 1 amide bonds. The van der Waals surface area contributed by atoms with Crippen LogP contribution in [0.1, 0.15) is 60.9 Å². The average molecular weight is 279 g/mol. The molecule has 1 saturated carbocycles. The molecular weight excluding hydrogens is 254 g/mol. The Morgan fingerprint density at radius 3 is 2.75 bits per heavy atom. The first kappa shape index (κ1) is 15.1. The van der Waals surface area contributed by atoms with E-state index >= 15 is 0 Å². The Hall–Kier alpha value is -1.33. The van der Waals surface area contributed by atoms with Gasteiger partial charge in [0.2, 0.25) is 0 Å². The minimum atomic E-state index is -0.366. The van der Waals surface area contributed by atoms with Gasteiger partial charge in [-0.25, -0.2) is 5.84 Å². The number of nitrogens with one attached hydrogen (secondary N) is 1. The molecule has 0 aromatic carbocycles. The van der Waals surface area contributed by atoms with E-state index in [4.69, 9.17) is 10.3 Å². The van der Waals surface area contributed by atoms with Gasteiger partial charge in [0.25, 0.3) is 0 Å². The summed E-state index contributed by atoms with van der Waals surface area (Å²) in [5, 5.41) is 0. The van der Waals surface area contributed by atoms with Gasteiger partial charge in [-0.05, 0) is 32.4 Å². The second kappa shape index (κ2) is 6.90. The molecule has 1 aliphatic rings. The molecular formula is C15H25N3O2. The molecule has 1 aliphatic carbocycles. The number of nitrogen functional groups attached to an aromatic ring is 1. The highest BCUT2D eigenvalue weighted by atomic mass is 16.4. The normalized spacial score (nSPS) is 16.6. The molecule has 1 heterocycles. The van der Waals surface area contributed by atoms with Crippen LogP contribution >= 0.6 is 0 Å². The van der Waals surface area contributed by atoms with Gasteiger partial charge in [0.1, 0.15) is 5.76 Å². The van der Waals surface area contributed by atoms with Crippen LogP contribution in [0.15, 0.2) is 10.5 Å². The molecule has 112 valence electrons.